The topological polar surface area (TPSA) is 60.5 Å². The summed E-state index contributed by atoms with van der Waals surface area (Å²) in [5, 5.41) is 3.15. The van der Waals surface area contributed by atoms with Crippen LogP contribution in [-0.2, 0) is 6.54 Å². The number of amides is 1. The quantitative estimate of drug-likeness (QED) is 0.778. The molecule has 0 aliphatic rings. The summed E-state index contributed by atoms with van der Waals surface area (Å²) in [6.07, 6.45) is 1.64. The van der Waals surface area contributed by atoms with E-state index in [-0.39, 0.29) is 5.91 Å². The maximum Gasteiger partial charge on any atom is 0.256 e. The summed E-state index contributed by atoms with van der Waals surface area (Å²) in [5.41, 5.74) is 2.01. The first kappa shape index (κ1) is 17.8. The largest absolute Gasteiger partial charge is 0.488 e. The number of methoxy groups -OCH3 is 1. The van der Waals surface area contributed by atoms with E-state index in [1.54, 1.807) is 37.6 Å². The number of nitrogens with one attached hydrogen (secondary N) is 1. The van der Waals surface area contributed by atoms with E-state index < -0.39 is 0 Å². The maximum absolute atomic E-state index is 12.5. The van der Waals surface area contributed by atoms with E-state index in [4.69, 9.17) is 21.1 Å². The average molecular weight is 347 g/mol. The number of ether oxygens (including phenoxy) is 2. The number of rotatable bonds is 7. The molecule has 6 heteroatoms. The predicted octanol–water partition coefficient (Wildman–Crippen LogP) is 3.63. The van der Waals surface area contributed by atoms with Gasteiger partial charge >= 0.3 is 0 Å². The molecule has 24 heavy (non-hydrogen) atoms. The van der Waals surface area contributed by atoms with Crippen molar-refractivity contribution in [2.45, 2.75) is 13.5 Å². The minimum atomic E-state index is -0.312. The Morgan fingerprint density at radius 1 is 1.33 bits per heavy atom. The van der Waals surface area contributed by atoms with Crippen LogP contribution in [0.1, 0.15) is 22.8 Å². The molecule has 0 aliphatic carbocycles. The third-order valence-corrected chi connectivity index (χ3v) is 3.45. The van der Waals surface area contributed by atoms with Gasteiger partial charge in [0.05, 0.1) is 17.7 Å². The van der Waals surface area contributed by atoms with Gasteiger partial charge in [-0.25, -0.2) is 4.98 Å². The lowest BCUT2D eigenvalue weighted by molar-refractivity contribution is 0.0947. The molecule has 1 heterocycles. The van der Waals surface area contributed by atoms with Crippen LogP contribution in [0.4, 0.5) is 0 Å². The summed E-state index contributed by atoms with van der Waals surface area (Å²) in [6, 6.07) is 8.66. The van der Waals surface area contributed by atoms with Crippen LogP contribution in [0.15, 0.2) is 48.7 Å². The monoisotopic (exact) mass is 346 g/mol. The number of hydrogen-bond acceptors (Lipinski definition) is 4. The molecule has 1 N–H and O–H groups in total. The van der Waals surface area contributed by atoms with E-state index >= 15 is 0 Å². The standard InChI is InChI=1S/C18H19ClN2O3/c1-12(2)11-24-15-6-4-5-14(19)17(15)18(22)21-10-13-7-8-16(23-3)20-9-13/h4-9H,1,10-11H2,2-3H3,(H,21,22). The minimum Gasteiger partial charge on any atom is -0.488 e. The first-order valence-corrected chi connectivity index (χ1v) is 7.72. The molecule has 0 unspecified atom stereocenters. The maximum atomic E-state index is 12.5. The van der Waals surface area contributed by atoms with E-state index in [1.807, 2.05) is 13.0 Å². The summed E-state index contributed by atoms with van der Waals surface area (Å²) in [4.78, 5) is 16.6. The second-order valence-electron chi connectivity index (χ2n) is 5.25. The molecule has 1 aromatic carbocycles. The molecule has 0 fully saturated rings. The molecule has 0 radical (unpaired) electrons. The number of halogens is 1. The molecule has 126 valence electrons. The normalized spacial score (nSPS) is 10.1. The van der Waals surface area contributed by atoms with Gasteiger partial charge in [0.2, 0.25) is 5.88 Å². The zero-order valence-corrected chi connectivity index (χ0v) is 14.4. The summed E-state index contributed by atoms with van der Waals surface area (Å²) >= 11 is 6.17. The Balaban J connectivity index is 2.09. The van der Waals surface area contributed by atoms with Gasteiger partial charge in [0.15, 0.2) is 0 Å². The Hall–Kier alpha value is -2.53. The molecule has 0 saturated heterocycles. The van der Waals surface area contributed by atoms with Gasteiger partial charge in [-0.15, -0.1) is 0 Å². The van der Waals surface area contributed by atoms with Crippen molar-refractivity contribution in [2.24, 2.45) is 0 Å². The Morgan fingerprint density at radius 3 is 2.75 bits per heavy atom. The highest BCUT2D eigenvalue weighted by molar-refractivity contribution is 6.34. The van der Waals surface area contributed by atoms with Gasteiger partial charge in [-0.05, 0) is 30.2 Å². The molecule has 0 bridgehead atoms. The van der Waals surface area contributed by atoms with Gasteiger partial charge in [-0.1, -0.05) is 30.3 Å². The van der Waals surface area contributed by atoms with Crippen molar-refractivity contribution in [1.29, 1.82) is 0 Å². The number of benzene rings is 1. The van der Waals surface area contributed by atoms with Gasteiger partial charge in [0.1, 0.15) is 12.4 Å². The van der Waals surface area contributed by atoms with E-state index in [2.05, 4.69) is 16.9 Å². The number of nitrogens with zero attached hydrogens (tertiary/aromatic N) is 1. The van der Waals surface area contributed by atoms with Crippen molar-refractivity contribution in [3.63, 3.8) is 0 Å². The third kappa shape index (κ3) is 4.73. The predicted molar refractivity (Wildman–Crippen MR) is 93.7 cm³/mol. The number of pyridine rings is 1. The first-order chi connectivity index (χ1) is 11.5. The second kappa shape index (κ2) is 8.36. The Bertz CT molecular complexity index is 730. The molecule has 0 atom stereocenters. The molecule has 0 aliphatic heterocycles. The van der Waals surface area contributed by atoms with Crippen molar-refractivity contribution >= 4 is 17.5 Å². The van der Waals surface area contributed by atoms with Crippen LogP contribution < -0.4 is 14.8 Å². The van der Waals surface area contributed by atoms with E-state index in [9.17, 15) is 4.79 Å². The van der Waals surface area contributed by atoms with Gasteiger partial charge < -0.3 is 14.8 Å². The lowest BCUT2D eigenvalue weighted by Crippen LogP contribution is -2.24. The number of aromatic nitrogens is 1. The third-order valence-electron chi connectivity index (χ3n) is 3.14. The summed E-state index contributed by atoms with van der Waals surface area (Å²) < 4.78 is 10.6. The van der Waals surface area contributed by atoms with E-state index in [0.29, 0.717) is 35.4 Å². The average Bonchev–Trinajstić information content (AvgIpc) is 2.58. The van der Waals surface area contributed by atoms with Crippen molar-refractivity contribution in [1.82, 2.24) is 10.3 Å². The van der Waals surface area contributed by atoms with Gasteiger partial charge in [0, 0.05) is 18.8 Å². The Labute approximate surface area is 146 Å². The van der Waals surface area contributed by atoms with Gasteiger partial charge in [-0.2, -0.15) is 0 Å². The molecular formula is C18H19ClN2O3. The molecule has 0 saturated carbocycles. The molecular weight excluding hydrogens is 328 g/mol. The molecule has 0 spiro atoms. The second-order valence-corrected chi connectivity index (χ2v) is 5.66. The number of carbonyl (C=O) groups excluding carboxylic acids is 1. The van der Waals surface area contributed by atoms with E-state index in [0.717, 1.165) is 11.1 Å². The zero-order valence-electron chi connectivity index (χ0n) is 13.6. The Kier molecular flexibility index (Phi) is 6.21. The van der Waals surface area contributed by atoms with Crippen LogP contribution in [0.2, 0.25) is 5.02 Å². The molecule has 5 nitrogen and oxygen atoms in total. The fraction of sp³-hybridized carbons (Fsp3) is 0.222. The molecule has 1 aromatic heterocycles. The highest BCUT2D eigenvalue weighted by atomic mass is 35.5. The highest BCUT2D eigenvalue weighted by Gasteiger charge is 2.16. The van der Waals surface area contributed by atoms with Crippen LogP contribution >= 0.6 is 11.6 Å². The van der Waals surface area contributed by atoms with Crippen LogP contribution in [0.5, 0.6) is 11.6 Å². The molecule has 2 rings (SSSR count). The van der Waals surface area contributed by atoms with Gasteiger partial charge in [0.25, 0.3) is 5.91 Å². The van der Waals surface area contributed by atoms with E-state index in [1.165, 1.54) is 0 Å². The van der Waals surface area contributed by atoms with Crippen LogP contribution in [-0.4, -0.2) is 24.6 Å². The number of hydrogen-bond donors (Lipinski definition) is 1. The fourth-order valence-corrected chi connectivity index (χ4v) is 2.20. The number of carbonyl (C=O) groups is 1. The summed E-state index contributed by atoms with van der Waals surface area (Å²) in [6.45, 7) is 6.27. The Morgan fingerprint density at radius 2 is 2.12 bits per heavy atom. The summed E-state index contributed by atoms with van der Waals surface area (Å²) in [5.74, 6) is 0.635. The molecule has 2 aromatic rings. The lowest BCUT2D eigenvalue weighted by atomic mass is 10.1. The molecule has 1 amide bonds. The van der Waals surface area contributed by atoms with Gasteiger partial charge in [-0.3, -0.25) is 4.79 Å². The minimum absolute atomic E-state index is 0.307. The van der Waals surface area contributed by atoms with Crippen molar-refractivity contribution < 1.29 is 14.3 Å². The fourth-order valence-electron chi connectivity index (χ4n) is 1.95. The van der Waals surface area contributed by atoms with Crippen molar-refractivity contribution in [2.75, 3.05) is 13.7 Å². The highest BCUT2D eigenvalue weighted by Crippen LogP contribution is 2.26. The van der Waals surface area contributed by atoms with Crippen molar-refractivity contribution in [3.05, 3.63) is 64.8 Å². The van der Waals surface area contributed by atoms with Crippen LogP contribution in [0.3, 0.4) is 0 Å². The van der Waals surface area contributed by atoms with Crippen molar-refractivity contribution in [3.8, 4) is 11.6 Å². The smallest absolute Gasteiger partial charge is 0.256 e. The van der Waals surface area contributed by atoms with Crippen LogP contribution in [0.25, 0.3) is 0 Å². The van der Waals surface area contributed by atoms with Crippen LogP contribution in [0, 0.1) is 0 Å². The summed E-state index contributed by atoms with van der Waals surface area (Å²) in [7, 11) is 1.55. The zero-order chi connectivity index (χ0) is 17.5. The lowest BCUT2D eigenvalue weighted by Gasteiger charge is -2.13. The first-order valence-electron chi connectivity index (χ1n) is 7.34. The SMILES string of the molecule is C=C(C)COc1cccc(Cl)c1C(=O)NCc1ccc(OC)nc1.